The Hall–Kier alpha value is -1.01. The molecule has 78 valence electrons. The van der Waals surface area contributed by atoms with Crippen molar-refractivity contribution in [2.24, 2.45) is 0 Å². The largest absolute Gasteiger partial charge is 0.429 e. The summed E-state index contributed by atoms with van der Waals surface area (Å²) in [5.74, 6) is 0.123. The molecule has 3 nitrogen and oxygen atoms in total. The Morgan fingerprint density at radius 2 is 2.20 bits per heavy atom. The summed E-state index contributed by atoms with van der Waals surface area (Å²) in [5.41, 5.74) is 0.850. The van der Waals surface area contributed by atoms with E-state index in [0.29, 0.717) is 14.9 Å². The maximum atomic E-state index is 12.9. The molecule has 0 aliphatic rings. The average Bonchev–Trinajstić information content (AvgIpc) is 2.58. The summed E-state index contributed by atoms with van der Waals surface area (Å²) >= 11 is 4.42. The minimum Gasteiger partial charge on any atom is -0.429 e. The number of aryl methyl sites for hydroxylation is 1. The van der Waals surface area contributed by atoms with Gasteiger partial charge in [0.1, 0.15) is 11.6 Å². The van der Waals surface area contributed by atoms with Gasteiger partial charge in [0.2, 0.25) is 0 Å². The molecule has 0 N–H and O–H groups in total. The Balaban J connectivity index is 2.27. The maximum Gasteiger partial charge on any atom is 0.300 e. The normalized spacial score (nSPS) is 10.3. The van der Waals surface area contributed by atoms with Gasteiger partial charge < -0.3 is 4.74 Å². The fraction of sp³-hybridized carbons (Fsp3) is 0.111. The van der Waals surface area contributed by atoms with Gasteiger partial charge >= 0.3 is 0 Å². The van der Waals surface area contributed by atoms with Crippen molar-refractivity contribution in [3.63, 3.8) is 0 Å². The van der Waals surface area contributed by atoms with E-state index in [1.165, 1.54) is 23.5 Å². The summed E-state index contributed by atoms with van der Waals surface area (Å²) < 4.78 is 18.9. The van der Waals surface area contributed by atoms with Crippen LogP contribution in [0.2, 0.25) is 0 Å². The van der Waals surface area contributed by atoms with Crippen molar-refractivity contribution >= 4 is 27.3 Å². The van der Waals surface area contributed by atoms with Crippen LogP contribution in [0.25, 0.3) is 0 Å². The molecule has 2 aromatic rings. The first-order valence-corrected chi connectivity index (χ1v) is 5.69. The predicted molar refractivity (Wildman–Crippen MR) is 58.8 cm³/mol. The highest BCUT2D eigenvalue weighted by atomic mass is 79.9. The van der Waals surface area contributed by atoms with Gasteiger partial charge in [-0.25, -0.2) is 4.39 Å². The van der Waals surface area contributed by atoms with Crippen molar-refractivity contribution in [1.82, 2.24) is 10.2 Å². The van der Waals surface area contributed by atoms with Gasteiger partial charge in [0.05, 0.1) is 0 Å². The minimum absolute atomic E-state index is 0.334. The smallest absolute Gasteiger partial charge is 0.300 e. The zero-order chi connectivity index (χ0) is 10.8. The summed E-state index contributed by atoms with van der Waals surface area (Å²) in [6.45, 7) is 1.84. The lowest BCUT2D eigenvalue weighted by Gasteiger charge is -2.04. The summed E-state index contributed by atoms with van der Waals surface area (Å²) in [6.07, 6.45) is 0. The Labute approximate surface area is 98.0 Å². The van der Waals surface area contributed by atoms with Crippen LogP contribution >= 0.6 is 27.3 Å². The van der Waals surface area contributed by atoms with Gasteiger partial charge in [-0.1, -0.05) is 11.2 Å². The van der Waals surface area contributed by atoms with Crippen LogP contribution in [-0.2, 0) is 0 Å². The third kappa shape index (κ3) is 2.51. The van der Waals surface area contributed by atoms with E-state index in [-0.39, 0.29) is 5.82 Å². The van der Waals surface area contributed by atoms with E-state index < -0.39 is 0 Å². The number of ether oxygens (including phenoxy) is 1. The fourth-order valence-corrected chi connectivity index (χ4v) is 1.95. The number of aromatic nitrogens is 2. The molecule has 0 unspecified atom stereocenters. The lowest BCUT2D eigenvalue weighted by atomic mass is 10.2. The third-order valence-corrected chi connectivity index (χ3v) is 2.96. The van der Waals surface area contributed by atoms with Gasteiger partial charge in [-0.05, 0) is 45.8 Å². The molecule has 0 fully saturated rings. The highest BCUT2D eigenvalue weighted by Crippen LogP contribution is 2.29. The summed E-state index contributed by atoms with van der Waals surface area (Å²) in [6, 6.07) is 4.36. The van der Waals surface area contributed by atoms with Crippen LogP contribution in [-0.4, -0.2) is 10.2 Å². The number of rotatable bonds is 2. The molecule has 1 aromatic heterocycles. The van der Waals surface area contributed by atoms with Crippen LogP contribution in [0.4, 0.5) is 4.39 Å². The van der Waals surface area contributed by atoms with E-state index in [0.717, 1.165) is 5.56 Å². The first-order valence-electron chi connectivity index (χ1n) is 4.08. The molecule has 0 aliphatic carbocycles. The van der Waals surface area contributed by atoms with Gasteiger partial charge in [0.25, 0.3) is 5.19 Å². The van der Waals surface area contributed by atoms with E-state index in [1.54, 1.807) is 6.07 Å². The fourth-order valence-electron chi connectivity index (χ4n) is 1.01. The summed E-state index contributed by atoms with van der Waals surface area (Å²) in [5, 5.41) is 7.87. The molecular weight excluding hydrogens is 283 g/mol. The Morgan fingerprint density at radius 3 is 2.87 bits per heavy atom. The molecule has 0 spiro atoms. The average molecular weight is 289 g/mol. The molecule has 0 atom stereocenters. The molecule has 0 radical (unpaired) electrons. The van der Waals surface area contributed by atoms with E-state index in [9.17, 15) is 4.39 Å². The Bertz CT molecular complexity index is 489. The first-order chi connectivity index (χ1) is 7.15. The van der Waals surface area contributed by atoms with Crippen molar-refractivity contribution in [2.45, 2.75) is 6.92 Å². The molecular formula is C9H6BrFN2OS. The maximum absolute atomic E-state index is 12.9. The molecule has 0 amide bonds. The Kier molecular flexibility index (Phi) is 2.97. The zero-order valence-corrected chi connectivity index (χ0v) is 10.1. The molecule has 2 rings (SSSR count). The molecule has 0 saturated heterocycles. The first kappa shape index (κ1) is 10.5. The predicted octanol–water partition coefficient (Wildman–Crippen LogP) is 3.54. The van der Waals surface area contributed by atoms with E-state index in [2.05, 4.69) is 26.1 Å². The lowest BCUT2D eigenvalue weighted by molar-refractivity contribution is 0.464. The van der Waals surface area contributed by atoms with Crippen LogP contribution in [0.5, 0.6) is 10.9 Å². The minimum atomic E-state index is -0.334. The van der Waals surface area contributed by atoms with Crippen LogP contribution in [0.3, 0.4) is 0 Å². The van der Waals surface area contributed by atoms with Gasteiger partial charge in [0.15, 0.2) is 3.92 Å². The molecule has 0 saturated carbocycles. The van der Waals surface area contributed by atoms with E-state index >= 15 is 0 Å². The van der Waals surface area contributed by atoms with Crippen LogP contribution < -0.4 is 4.74 Å². The number of nitrogens with zero attached hydrogens (tertiary/aromatic N) is 2. The second-order valence-corrected chi connectivity index (χ2v) is 5.05. The zero-order valence-electron chi connectivity index (χ0n) is 7.70. The van der Waals surface area contributed by atoms with Gasteiger partial charge in [-0.2, -0.15) is 0 Å². The van der Waals surface area contributed by atoms with E-state index in [1.807, 2.05) is 6.92 Å². The van der Waals surface area contributed by atoms with Crippen molar-refractivity contribution in [3.05, 3.63) is 33.5 Å². The van der Waals surface area contributed by atoms with Crippen LogP contribution in [0.1, 0.15) is 5.56 Å². The van der Waals surface area contributed by atoms with E-state index in [4.69, 9.17) is 4.74 Å². The van der Waals surface area contributed by atoms with Gasteiger partial charge in [-0.3, -0.25) is 0 Å². The molecule has 0 bridgehead atoms. The third-order valence-electron chi connectivity index (χ3n) is 1.73. The quantitative estimate of drug-likeness (QED) is 0.848. The topological polar surface area (TPSA) is 35.0 Å². The lowest BCUT2D eigenvalue weighted by Crippen LogP contribution is -1.88. The monoisotopic (exact) mass is 288 g/mol. The van der Waals surface area contributed by atoms with Crippen molar-refractivity contribution in [2.75, 3.05) is 0 Å². The van der Waals surface area contributed by atoms with Crippen molar-refractivity contribution in [1.29, 1.82) is 0 Å². The number of halogens is 2. The number of hydrogen-bond acceptors (Lipinski definition) is 4. The van der Waals surface area contributed by atoms with Gasteiger partial charge in [0, 0.05) is 6.07 Å². The number of benzene rings is 1. The van der Waals surface area contributed by atoms with Crippen LogP contribution in [0.15, 0.2) is 22.1 Å². The highest BCUT2D eigenvalue weighted by Gasteiger charge is 2.07. The SMILES string of the molecule is Cc1ccc(F)cc1Oc1nnc(Br)s1. The van der Waals surface area contributed by atoms with Gasteiger partial charge in [-0.15, -0.1) is 5.10 Å². The van der Waals surface area contributed by atoms with Crippen molar-refractivity contribution < 1.29 is 9.13 Å². The highest BCUT2D eigenvalue weighted by molar-refractivity contribution is 9.11. The molecule has 1 heterocycles. The number of hydrogen-bond donors (Lipinski definition) is 0. The standard InChI is InChI=1S/C9H6BrFN2OS/c1-5-2-3-6(11)4-7(5)14-9-13-12-8(10)15-9/h2-4H,1H3. The summed E-state index contributed by atoms with van der Waals surface area (Å²) in [4.78, 5) is 0. The molecule has 15 heavy (non-hydrogen) atoms. The summed E-state index contributed by atoms with van der Waals surface area (Å²) in [7, 11) is 0. The molecule has 6 heteroatoms. The van der Waals surface area contributed by atoms with Crippen LogP contribution in [0, 0.1) is 12.7 Å². The molecule has 0 aliphatic heterocycles. The van der Waals surface area contributed by atoms with Crippen molar-refractivity contribution in [3.8, 4) is 10.9 Å². The Morgan fingerprint density at radius 1 is 1.40 bits per heavy atom. The second-order valence-electron chi connectivity index (χ2n) is 2.83. The molecule has 1 aromatic carbocycles. The second kappa shape index (κ2) is 4.24.